The maximum absolute atomic E-state index is 13.3. The van der Waals surface area contributed by atoms with Gasteiger partial charge in [-0.1, -0.05) is 49.2 Å². The molecule has 1 aliphatic rings. The predicted molar refractivity (Wildman–Crippen MR) is 111 cm³/mol. The Kier molecular flexibility index (Phi) is 7.62. The molecule has 1 atom stereocenters. The fourth-order valence-corrected chi connectivity index (χ4v) is 4.41. The SMILES string of the molecule is COCCN(C(=O)Cc1cccs1)C(C(=O)NC1CCCC1)c1ccccc1. The molecule has 1 fully saturated rings. The third kappa shape index (κ3) is 5.42. The lowest BCUT2D eigenvalue weighted by Gasteiger charge is -2.32. The Morgan fingerprint density at radius 1 is 1.18 bits per heavy atom. The summed E-state index contributed by atoms with van der Waals surface area (Å²) in [5.41, 5.74) is 0.827. The summed E-state index contributed by atoms with van der Waals surface area (Å²) >= 11 is 1.56. The molecular weight excluding hydrogens is 372 g/mol. The highest BCUT2D eigenvalue weighted by molar-refractivity contribution is 7.10. The van der Waals surface area contributed by atoms with E-state index in [9.17, 15) is 9.59 Å². The molecule has 0 bridgehead atoms. The van der Waals surface area contributed by atoms with Crippen LogP contribution in [-0.2, 0) is 20.7 Å². The van der Waals surface area contributed by atoms with Crippen LogP contribution in [0.25, 0.3) is 0 Å². The number of thiophene rings is 1. The number of hydrogen-bond donors (Lipinski definition) is 1. The van der Waals surface area contributed by atoms with Crippen LogP contribution in [0.5, 0.6) is 0 Å². The molecule has 1 saturated carbocycles. The van der Waals surface area contributed by atoms with Crippen molar-refractivity contribution >= 4 is 23.2 Å². The molecule has 0 radical (unpaired) electrons. The first-order chi connectivity index (χ1) is 13.7. The summed E-state index contributed by atoms with van der Waals surface area (Å²) in [6, 6.07) is 13.0. The Morgan fingerprint density at radius 3 is 2.57 bits per heavy atom. The molecule has 1 unspecified atom stereocenters. The van der Waals surface area contributed by atoms with E-state index in [0.29, 0.717) is 19.6 Å². The lowest BCUT2D eigenvalue weighted by Crippen LogP contribution is -2.47. The number of amides is 2. The summed E-state index contributed by atoms with van der Waals surface area (Å²) in [4.78, 5) is 29.1. The fourth-order valence-electron chi connectivity index (χ4n) is 3.71. The van der Waals surface area contributed by atoms with Crippen molar-refractivity contribution in [2.24, 2.45) is 0 Å². The molecular formula is C22H28N2O3S. The highest BCUT2D eigenvalue weighted by atomic mass is 32.1. The number of nitrogens with zero attached hydrogens (tertiary/aromatic N) is 1. The number of nitrogens with one attached hydrogen (secondary N) is 1. The molecule has 5 nitrogen and oxygen atoms in total. The third-order valence-corrected chi connectivity index (χ3v) is 6.02. The van der Waals surface area contributed by atoms with Gasteiger partial charge < -0.3 is 15.0 Å². The molecule has 28 heavy (non-hydrogen) atoms. The first-order valence-electron chi connectivity index (χ1n) is 9.85. The van der Waals surface area contributed by atoms with E-state index in [-0.39, 0.29) is 17.9 Å². The van der Waals surface area contributed by atoms with Gasteiger partial charge in [0.05, 0.1) is 13.0 Å². The van der Waals surface area contributed by atoms with Gasteiger partial charge in [0.1, 0.15) is 6.04 Å². The summed E-state index contributed by atoms with van der Waals surface area (Å²) in [6.07, 6.45) is 4.60. The lowest BCUT2D eigenvalue weighted by molar-refractivity contribution is -0.141. The van der Waals surface area contributed by atoms with Crippen molar-refractivity contribution in [3.63, 3.8) is 0 Å². The van der Waals surface area contributed by atoms with Crippen LogP contribution in [0.4, 0.5) is 0 Å². The lowest BCUT2D eigenvalue weighted by atomic mass is 10.0. The maximum atomic E-state index is 13.3. The van der Waals surface area contributed by atoms with Gasteiger partial charge in [-0.3, -0.25) is 9.59 Å². The highest BCUT2D eigenvalue weighted by Crippen LogP contribution is 2.25. The van der Waals surface area contributed by atoms with Gasteiger partial charge in [0.25, 0.3) is 0 Å². The van der Waals surface area contributed by atoms with Crippen LogP contribution in [0.15, 0.2) is 47.8 Å². The molecule has 2 aromatic rings. The number of benzene rings is 1. The van der Waals surface area contributed by atoms with E-state index in [0.717, 1.165) is 36.1 Å². The van der Waals surface area contributed by atoms with E-state index in [1.54, 1.807) is 23.3 Å². The third-order valence-electron chi connectivity index (χ3n) is 5.14. The molecule has 0 spiro atoms. The number of carbonyl (C=O) groups excluding carboxylic acids is 2. The highest BCUT2D eigenvalue weighted by Gasteiger charge is 2.32. The van der Waals surface area contributed by atoms with Crippen molar-refractivity contribution in [1.29, 1.82) is 0 Å². The van der Waals surface area contributed by atoms with E-state index in [4.69, 9.17) is 4.74 Å². The van der Waals surface area contributed by atoms with E-state index >= 15 is 0 Å². The van der Waals surface area contributed by atoms with Crippen molar-refractivity contribution in [2.45, 2.75) is 44.2 Å². The maximum Gasteiger partial charge on any atom is 0.247 e. The predicted octanol–water partition coefficient (Wildman–Crippen LogP) is 3.57. The minimum atomic E-state index is -0.649. The number of ether oxygens (including phenoxy) is 1. The Labute approximate surface area is 170 Å². The summed E-state index contributed by atoms with van der Waals surface area (Å²) < 4.78 is 5.23. The Balaban J connectivity index is 1.85. The van der Waals surface area contributed by atoms with Crippen LogP contribution >= 0.6 is 11.3 Å². The normalized spacial score (nSPS) is 15.3. The molecule has 0 saturated heterocycles. The quantitative estimate of drug-likeness (QED) is 0.700. The zero-order valence-corrected chi connectivity index (χ0v) is 17.1. The van der Waals surface area contributed by atoms with Crippen molar-refractivity contribution in [3.8, 4) is 0 Å². The van der Waals surface area contributed by atoms with Gasteiger partial charge in [0.2, 0.25) is 11.8 Å². The summed E-state index contributed by atoms with van der Waals surface area (Å²) in [6.45, 7) is 0.759. The van der Waals surface area contributed by atoms with Crippen LogP contribution in [0.2, 0.25) is 0 Å². The second-order valence-electron chi connectivity index (χ2n) is 7.14. The average molecular weight is 401 g/mol. The van der Waals surface area contributed by atoms with Crippen LogP contribution in [0.1, 0.15) is 42.2 Å². The Morgan fingerprint density at radius 2 is 1.93 bits per heavy atom. The van der Waals surface area contributed by atoms with Crippen LogP contribution in [0, 0.1) is 0 Å². The molecule has 3 rings (SSSR count). The van der Waals surface area contributed by atoms with Gasteiger partial charge in [-0.05, 0) is 29.9 Å². The molecule has 1 aliphatic carbocycles. The number of hydrogen-bond acceptors (Lipinski definition) is 4. The largest absolute Gasteiger partial charge is 0.383 e. The summed E-state index contributed by atoms with van der Waals surface area (Å²) in [7, 11) is 1.61. The fraction of sp³-hybridized carbons (Fsp3) is 0.455. The molecule has 1 N–H and O–H groups in total. The van der Waals surface area contributed by atoms with E-state index in [1.165, 1.54) is 0 Å². The second-order valence-corrected chi connectivity index (χ2v) is 8.17. The van der Waals surface area contributed by atoms with Gasteiger partial charge in [-0.15, -0.1) is 11.3 Å². The molecule has 150 valence electrons. The standard InChI is InChI=1S/C22H28N2O3S/c1-27-14-13-24(20(25)16-19-12-7-15-28-19)21(17-8-3-2-4-9-17)22(26)23-18-10-5-6-11-18/h2-4,7-9,12,15,18,21H,5-6,10-11,13-14,16H2,1H3,(H,23,26). The van der Waals surface area contributed by atoms with E-state index < -0.39 is 6.04 Å². The molecule has 1 aromatic carbocycles. The van der Waals surface area contributed by atoms with Gasteiger partial charge in [0, 0.05) is 24.6 Å². The van der Waals surface area contributed by atoms with Gasteiger partial charge >= 0.3 is 0 Å². The monoisotopic (exact) mass is 400 g/mol. The van der Waals surface area contributed by atoms with Crippen molar-refractivity contribution in [2.75, 3.05) is 20.3 Å². The number of rotatable bonds is 9. The molecule has 0 aliphatic heterocycles. The number of carbonyl (C=O) groups is 2. The molecule has 6 heteroatoms. The van der Waals surface area contributed by atoms with Gasteiger partial charge in [-0.25, -0.2) is 0 Å². The molecule has 1 aromatic heterocycles. The topological polar surface area (TPSA) is 58.6 Å². The minimum Gasteiger partial charge on any atom is -0.383 e. The Hall–Kier alpha value is -2.18. The smallest absolute Gasteiger partial charge is 0.247 e. The van der Waals surface area contributed by atoms with Crippen molar-refractivity contribution in [3.05, 3.63) is 58.3 Å². The first kappa shape index (κ1) is 20.6. The van der Waals surface area contributed by atoms with Crippen molar-refractivity contribution in [1.82, 2.24) is 10.2 Å². The molecule has 2 amide bonds. The van der Waals surface area contributed by atoms with Gasteiger partial charge in [0.15, 0.2) is 0 Å². The van der Waals surface area contributed by atoms with Crippen LogP contribution in [-0.4, -0.2) is 43.0 Å². The van der Waals surface area contributed by atoms with Crippen molar-refractivity contribution < 1.29 is 14.3 Å². The first-order valence-corrected chi connectivity index (χ1v) is 10.7. The van der Waals surface area contributed by atoms with Crippen LogP contribution < -0.4 is 5.32 Å². The number of methoxy groups -OCH3 is 1. The minimum absolute atomic E-state index is 0.0603. The van der Waals surface area contributed by atoms with Gasteiger partial charge in [-0.2, -0.15) is 0 Å². The van der Waals surface area contributed by atoms with E-state index in [1.807, 2.05) is 47.8 Å². The summed E-state index contributed by atoms with van der Waals surface area (Å²) in [5.74, 6) is -0.163. The zero-order valence-electron chi connectivity index (χ0n) is 16.3. The summed E-state index contributed by atoms with van der Waals surface area (Å²) in [5, 5.41) is 5.14. The van der Waals surface area contributed by atoms with E-state index in [2.05, 4.69) is 5.32 Å². The zero-order chi connectivity index (χ0) is 19.8. The average Bonchev–Trinajstić information content (AvgIpc) is 3.40. The molecule has 1 heterocycles. The Bertz CT molecular complexity index is 742. The second kappa shape index (κ2) is 10.4. The van der Waals surface area contributed by atoms with Crippen LogP contribution in [0.3, 0.4) is 0 Å².